The van der Waals surface area contributed by atoms with Gasteiger partial charge in [-0.25, -0.2) is 15.0 Å². The number of benzene rings is 2. The number of pyridine rings is 1. The van der Waals surface area contributed by atoms with Gasteiger partial charge in [-0.2, -0.15) is 13.2 Å². The van der Waals surface area contributed by atoms with E-state index in [1.54, 1.807) is 36.7 Å². The predicted octanol–water partition coefficient (Wildman–Crippen LogP) is 5.40. The van der Waals surface area contributed by atoms with Crippen molar-refractivity contribution >= 4 is 28.8 Å². The molecule has 0 aliphatic carbocycles. The quantitative estimate of drug-likeness (QED) is 0.354. The molecule has 2 aromatic heterocycles. The molecular formula is C24H19F3N6O. The Morgan fingerprint density at radius 2 is 1.56 bits per heavy atom. The standard InChI is InChI=1S/C24H19F3N6O/c1-28-23(34)18-4-2-3-5-20(18)33-21-10-22(31-13-19(21)24(25,26)27)32-17-8-6-15(7-9-17)16-11-29-14-30-12-16/h2-14H,1H3,(H,28,34)(H2,31,32,33). The largest absolute Gasteiger partial charge is 0.419 e. The Morgan fingerprint density at radius 1 is 0.853 bits per heavy atom. The molecule has 4 rings (SSSR count). The number of anilines is 4. The molecule has 1 amide bonds. The first-order chi connectivity index (χ1) is 16.3. The van der Waals surface area contributed by atoms with E-state index < -0.39 is 17.6 Å². The number of carbonyl (C=O) groups is 1. The molecule has 2 heterocycles. The second-order valence-corrected chi connectivity index (χ2v) is 7.19. The summed E-state index contributed by atoms with van der Waals surface area (Å²) in [5.41, 5.74) is 1.61. The summed E-state index contributed by atoms with van der Waals surface area (Å²) in [5, 5.41) is 8.23. The van der Waals surface area contributed by atoms with Crippen LogP contribution in [0.5, 0.6) is 0 Å². The number of alkyl halides is 3. The van der Waals surface area contributed by atoms with E-state index in [4.69, 9.17) is 0 Å². The SMILES string of the molecule is CNC(=O)c1ccccc1Nc1cc(Nc2ccc(-c3cncnc3)cc2)ncc1C(F)(F)F. The van der Waals surface area contributed by atoms with Crippen molar-refractivity contribution < 1.29 is 18.0 Å². The highest BCUT2D eigenvalue weighted by Gasteiger charge is 2.34. The van der Waals surface area contributed by atoms with E-state index in [0.29, 0.717) is 5.69 Å². The first-order valence-electron chi connectivity index (χ1n) is 10.1. The Balaban J connectivity index is 1.63. The van der Waals surface area contributed by atoms with Gasteiger partial charge in [0.05, 0.1) is 22.5 Å². The minimum Gasteiger partial charge on any atom is -0.355 e. The predicted molar refractivity (Wildman–Crippen MR) is 123 cm³/mol. The highest BCUT2D eigenvalue weighted by atomic mass is 19.4. The van der Waals surface area contributed by atoms with Crippen LogP contribution in [0.3, 0.4) is 0 Å². The van der Waals surface area contributed by atoms with Gasteiger partial charge in [0, 0.05) is 43.0 Å². The molecule has 0 aliphatic rings. The van der Waals surface area contributed by atoms with Crippen LogP contribution in [0.4, 0.5) is 36.1 Å². The van der Waals surface area contributed by atoms with Gasteiger partial charge in [0.25, 0.3) is 5.91 Å². The summed E-state index contributed by atoms with van der Waals surface area (Å²) < 4.78 is 41.0. The van der Waals surface area contributed by atoms with Gasteiger partial charge in [-0.05, 0) is 29.8 Å². The minimum atomic E-state index is -4.64. The van der Waals surface area contributed by atoms with Crippen molar-refractivity contribution in [2.45, 2.75) is 6.18 Å². The van der Waals surface area contributed by atoms with Gasteiger partial charge in [0.1, 0.15) is 12.1 Å². The molecule has 2 aromatic carbocycles. The zero-order valence-corrected chi connectivity index (χ0v) is 17.9. The highest BCUT2D eigenvalue weighted by Crippen LogP contribution is 2.37. The van der Waals surface area contributed by atoms with Crippen LogP contribution < -0.4 is 16.0 Å². The summed E-state index contributed by atoms with van der Waals surface area (Å²) in [7, 11) is 1.45. The molecule has 172 valence electrons. The fourth-order valence-electron chi connectivity index (χ4n) is 3.26. The zero-order chi connectivity index (χ0) is 24.1. The van der Waals surface area contributed by atoms with E-state index in [9.17, 15) is 18.0 Å². The van der Waals surface area contributed by atoms with E-state index in [2.05, 4.69) is 30.9 Å². The van der Waals surface area contributed by atoms with Gasteiger partial charge >= 0.3 is 6.18 Å². The number of aromatic nitrogens is 3. The van der Waals surface area contributed by atoms with Gasteiger partial charge in [-0.3, -0.25) is 4.79 Å². The molecule has 7 nitrogen and oxygen atoms in total. The molecule has 10 heteroatoms. The maximum absolute atomic E-state index is 13.7. The third-order valence-corrected chi connectivity index (χ3v) is 4.93. The van der Waals surface area contributed by atoms with Crippen molar-refractivity contribution in [1.82, 2.24) is 20.3 Å². The Hall–Kier alpha value is -4.47. The van der Waals surface area contributed by atoms with E-state index in [-0.39, 0.29) is 22.8 Å². The van der Waals surface area contributed by atoms with E-state index in [1.165, 1.54) is 31.6 Å². The third kappa shape index (κ3) is 5.12. The zero-order valence-electron chi connectivity index (χ0n) is 17.9. The average Bonchev–Trinajstić information content (AvgIpc) is 2.84. The molecule has 0 bridgehead atoms. The molecule has 34 heavy (non-hydrogen) atoms. The Kier molecular flexibility index (Phi) is 6.39. The fraction of sp³-hybridized carbons (Fsp3) is 0.0833. The van der Waals surface area contributed by atoms with E-state index in [1.807, 2.05) is 12.1 Å². The van der Waals surface area contributed by atoms with Gasteiger partial charge < -0.3 is 16.0 Å². The molecular weight excluding hydrogens is 445 g/mol. The Labute approximate surface area is 193 Å². The lowest BCUT2D eigenvalue weighted by atomic mass is 10.1. The molecule has 0 unspecified atom stereocenters. The number of hydrogen-bond acceptors (Lipinski definition) is 6. The number of halogens is 3. The lowest BCUT2D eigenvalue weighted by Crippen LogP contribution is -2.19. The molecule has 4 aromatic rings. The molecule has 0 atom stereocenters. The molecule has 0 aliphatic heterocycles. The van der Waals surface area contributed by atoms with E-state index >= 15 is 0 Å². The van der Waals surface area contributed by atoms with Crippen LogP contribution in [0.1, 0.15) is 15.9 Å². The lowest BCUT2D eigenvalue weighted by Gasteiger charge is -2.17. The molecule has 3 N–H and O–H groups in total. The van der Waals surface area contributed by atoms with Crippen LogP contribution in [0.15, 0.2) is 79.5 Å². The van der Waals surface area contributed by atoms with Crippen molar-refractivity contribution in [3.63, 3.8) is 0 Å². The Morgan fingerprint density at radius 3 is 2.24 bits per heavy atom. The normalized spacial score (nSPS) is 11.1. The Bertz CT molecular complexity index is 1290. The number of nitrogens with zero attached hydrogens (tertiary/aromatic N) is 3. The summed E-state index contributed by atoms with van der Waals surface area (Å²) in [6, 6.07) is 14.8. The van der Waals surface area contributed by atoms with Crippen LogP contribution in [0, 0.1) is 0 Å². The van der Waals surface area contributed by atoms with Crippen molar-refractivity contribution in [3.05, 3.63) is 90.6 Å². The number of rotatable bonds is 6. The number of hydrogen-bond donors (Lipinski definition) is 3. The fourth-order valence-corrected chi connectivity index (χ4v) is 3.26. The van der Waals surface area contributed by atoms with Crippen LogP contribution >= 0.6 is 0 Å². The third-order valence-electron chi connectivity index (χ3n) is 4.93. The highest BCUT2D eigenvalue weighted by molar-refractivity contribution is 6.00. The summed E-state index contributed by atoms with van der Waals surface area (Å²) in [6.45, 7) is 0. The van der Waals surface area contributed by atoms with Crippen molar-refractivity contribution in [3.8, 4) is 11.1 Å². The summed E-state index contributed by atoms with van der Waals surface area (Å²) >= 11 is 0. The van der Waals surface area contributed by atoms with Gasteiger partial charge in [0.15, 0.2) is 0 Å². The number of nitrogens with one attached hydrogen (secondary N) is 3. The van der Waals surface area contributed by atoms with Crippen molar-refractivity contribution in [2.24, 2.45) is 0 Å². The number of carbonyl (C=O) groups excluding carboxylic acids is 1. The summed E-state index contributed by atoms with van der Waals surface area (Å²) in [5.74, 6) is -0.225. The van der Waals surface area contributed by atoms with Crippen molar-refractivity contribution in [2.75, 3.05) is 17.7 Å². The number of amides is 1. The van der Waals surface area contributed by atoms with Crippen LogP contribution in [0.2, 0.25) is 0 Å². The van der Waals surface area contributed by atoms with Crippen LogP contribution in [-0.4, -0.2) is 27.9 Å². The van der Waals surface area contributed by atoms with Crippen LogP contribution in [0.25, 0.3) is 11.1 Å². The molecule has 0 spiro atoms. The topological polar surface area (TPSA) is 91.8 Å². The van der Waals surface area contributed by atoms with Gasteiger partial charge in [-0.1, -0.05) is 24.3 Å². The van der Waals surface area contributed by atoms with Crippen molar-refractivity contribution in [1.29, 1.82) is 0 Å². The molecule has 0 fully saturated rings. The summed E-state index contributed by atoms with van der Waals surface area (Å²) in [6.07, 6.45) is 0.912. The minimum absolute atomic E-state index is 0.198. The molecule has 0 radical (unpaired) electrons. The first-order valence-corrected chi connectivity index (χ1v) is 10.1. The monoisotopic (exact) mass is 464 g/mol. The first kappa shape index (κ1) is 22.7. The smallest absolute Gasteiger partial charge is 0.355 e. The maximum Gasteiger partial charge on any atom is 0.419 e. The maximum atomic E-state index is 13.7. The second-order valence-electron chi connectivity index (χ2n) is 7.19. The second kappa shape index (κ2) is 9.57. The van der Waals surface area contributed by atoms with Gasteiger partial charge in [-0.15, -0.1) is 0 Å². The molecule has 0 saturated heterocycles. The molecule has 0 saturated carbocycles. The van der Waals surface area contributed by atoms with Crippen LogP contribution in [-0.2, 0) is 6.18 Å². The average molecular weight is 464 g/mol. The summed E-state index contributed by atoms with van der Waals surface area (Å²) in [4.78, 5) is 24.0. The number of para-hydroxylation sites is 1. The lowest BCUT2D eigenvalue weighted by molar-refractivity contribution is -0.137. The van der Waals surface area contributed by atoms with E-state index in [0.717, 1.165) is 17.3 Å². The van der Waals surface area contributed by atoms with Gasteiger partial charge in [0.2, 0.25) is 0 Å².